The second kappa shape index (κ2) is 5.79. The number of aromatic nitrogens is 2. The van der Waals surface area contributed by atoms with E-state index < -0.39 is 0 Å². The molecule has 0 fully saturated rings. The fourth-order valence-electron chi connectivity index (χ4n) is 2.45. The first kappa shape index (κ1) is 13.4. The van der Waals surface area contributed by atoms with Gasteiger partial charge in [-0.15, -0.1) is 0 Å². The van der Waals surface area contributed by atoms with Crippen molar-refractivity contribution in [3.8, 4) is 11.4 Å². The van der Waals surface area contributed by atoms with Crippen molar-refractivity contribution in [3.05, 3.63) is 54.6 Å². The number of hydrogen-bond donors (Lipinski definition) is 1. The number of carbonyl (C=O) groups is 1. The number of benzene rings is 2. The van der Waals surface area contributed by atoms with Gasteiger partial charge in [0.2, 0.25) is 5.91 Å². The van der Waals surface area contributed by atoms with Crippen LogP contribution in [0.1, 0.15) is 6.92 Å². The van der Waals surface area contributed by atoms with E-state index in [4.69, 9.17) is 4.98 Å². The van der Waals surface area contributed by atoms with Gasteiger partial charge in [0.25, 0.3) is 0 Å². The molecule has 0 unspecified atom stereocenters. The molecule has 4 nitrogen and oxygen atoms in total. The largest absolute Gasteiger partial charge is 0.355 e. The molecule has 0 saturated heterocycles. The van der Waals surface area contributed by atoms with E-state index in [1.807, 2.05) is 36.4 Å². The van der Waals surface area contributed by atoms with Gasteiger partial charge in [-0.1, -0.05) is 42.5 Å². The van der Waals surface area contributed by atoms with Crippen LogP contribution in [0.3, 0.4) is 0 Å². The second-order valence-electron chi connectivity index (χ2n) is 4.92. The Morgan fingerprint density at radius 3 is 2.57 bits per heavy atom. The van der Waals surface area contributed by atoms with Gasteiger partial charge in [0.05, 0.1) is 11.0 Å². The summed E-state index contributed by atoms with van der Waals surface area (Å²) in [5.41, 5.74) is 3.14. The maximum atomic E-state index is 11.1. The molecule has 0 aliphatic rings. The predicted molar refractivity (Wildman–Crippen MR) is 83.9 cm³/mol. The predicted octanol–water partition coefficient (Wildman–Crippen LogP) is 2.84. The summed E-state index contributed by atoms with van der Waals surface area (Å²) in [7, 11) is 0. The minimum Gasteiger partial charge on any atom is -0.355 e. The molecule has 1 N–H and O–H groups in total. The number of rotatable bonds is 4. The Balaban J connectivity index is 2.04. The van der Waals surface area contributed by atoms with Gasteiger partial charge in [0.1, 0.15) is 5.82 Å². The molecule has 106 valence electrons. The monoisotopic (exact) mass is 279 g/mol. The van der Waals surface area contributed by atoms with Crippen LogP contribution in [0.4, 0.5) is 0 Å². The van der Waals surface area contributed by atoms with Crippen LogP contribution in [0.5, 0.6) is 0 Å². The average Bonchev–Trinajstić information content (AvgIpc) is 2.87. The van der Waals surface area contributed by atoms with Gasteiger partial charge in [-0.2, -0.15) is 0 Å². The molecule has 0 saturated carbocycles. The molecule has 0 spiro atoms. The zero-order chi connectivity index (χ0) is 14.7. The molecular weight excluding hydrogens is 262 g/mol. The van der Waals surface area contributed by atoms with E-state index in [2.05, 4.69) is 28.1 Å². The number of carbonyl (C=O) groups excluding carboxylic acids is 1. The van der Waals surface area contributed by atoms with E-state index in [9.17, 15) is 4.79 Å². The van der Waals surface area contributed by atoms with Crippen molar-refractivity contribution in [1.29, 1.82) is 0 Å². The first-order valence-electron chi connectivity index (χ1n) is 7.01. The average molecular weight is 279 g/mol. The van der Waals surface area contributed by atoms with Gasteiger partial charge in [0.15, 0.2) is 0 Å². The SMILES string of the molecule is CC(=O)NCCn1c(-c2ccccc2)nc2ccccc21. The molecule has 0 aliphatic heterocycles. The molecule has 0 radical (unpaired) electrons. The quantitative estimate of drug-likeness (QED) is 0.798. The highest BCUT2D eigenvalue weighted by molar-refractivity contribution is 5.80. The lowest BCUT2D eigenvalue weighted by Gasteiger charge is -2.09. The fourth-order valence-corrected chi connectivity index (χ4v) is 2.45. The molecule has 1 aromatic heterocycles. The van der Waals surface area contributed by atoms with Crippen LogP contribution < -0.4 is 5.32 Å². The molecule has 1 amide bonds. The smallest absolute Gasteiger partial charge is 0.216 e. The Kier molecular flexibility index (Phi) is 3.69. The van der Waals surface area contributed by atoms with Crippen molar-refractivity contribution in [1.82, 2.24) is 14.9 Å². The van der Waals surface area contributed by atoms with Gasteiger partial charge < -0.3 is 9.88 Å². The normalized spacial score (nSPS) is 10.7. The summed E-state index contributed by atoms with van der Waals surface area (Å²) >= 11 is 0. The summed E-state index contributed by atoms with van der Waals surface area (Å²) in [6.45, 7) is 2.82. The van der Waals surface area contributed by atoms with Gasteiger partial charge in [-0.25, -0.2) is 4.98 Å². The number of hydrogen-bond acceptors (Lipinski definition) is 2. The van der Waals surface area contributed by atoms with Crippen LogP contribution in [0, 0.1) is 0 Å². The number of nitrogens with one attached hydrogen (secondary N) is 1. The molecule has 21 heavy (non-hydrogen) atoms. The third kappa shape index (κ3) is 2.79. The summed E-state index contributed by atoms with van der Waals surface area (Å²) in [6, 6.07) is 18.2. The Labute approximate surface area is 123 Å². The van der Waals surface area contributed by atoms with Crippen LogP contribution in [-0.4, -0.2) is 22.0 Å². The topological polar surface area (TPSA) is 46.9 Å². The Morgan fingerprint density at radius 1 is 1.10 bits per heavy atom. The van der Waals surface area contributed by atoms with E-state index in [0.717, 1.165) is 22.4 Å². The third-order valence-electron chi connectivity index (χ3n) is 3.40. The summed E-state index contributed by atoms with van der Waals surface area (Å²) in [5.74, 6) is 0.919. The number of nitrogens with zero attached hydrogens (tertiary/aromatic N) is 2. The second-order valence-corrected chi connectivity index (χ2v) is 4.92. The third-order valence-corrected chi connectivity index (χ3v) is 3.40. The van der Waals surface area contributed by atoms with Gasteiger partial charge in [0, 0.05) is 25.6 Å². The van der Waals surface area contributed by atoms with Gasteiger partial charge >= 0.3 is 0 Å². The minimum absolute atomic E-state index is 0.0133. The van der Waals surface area contributed by atoms with Gasteiger partial charge in [-0.05, 0) is 12.1 Å². The number of amides is 1. The van der Waals surface area contributed by atoms with Crippen LogP contribution >= 0.6 is 0 Å². The van der Waals surface area contributed by atoms with Crippen LogP contribution in [0.2, 0.25) is 0 Å². The van der Waals surface area contributed by atoms with E-state index in [0.29, 0.717) is 13.1 Å². The van der Waals surface area contributed by atoms with Crippen molar-refractivity contribution in [2.45, 2.75) is 13.5 Å². The van der Waals surface area contributed by atoms with Crippen LogP contribution in [-0.2, 0) is 11.3 Å². The Bertz CT molecular complexity index is 762. The first-order valence-corrected chi connectivity index (χ1v) is 7.01. The highest BCUT2D eigenvalue weighted by Crippen LogP contribution is 2.24. The molecule has 0 atom stereocenters. The summed E-state index contributed by atoms with van der Waals surface area (Å²) < 4.78 is 2.15. The van der Waals surface area contributed by atoms with Crippen molar-refractivity contribution in [3.63, 3.8) is 0 Å². The highest BCUT2D eigenvalue weighted by Gasteiger charge is 2.11. The molecule has 1 heterocycles. The lowest BCUT2D eigenvalue weighted by molar-refractivity contribution is -0.118. The van der Waals surface area contributed by atoms with Crippen molar-refractivity contribution >= 4 is 16.9 Å². The zero-order valence-corrected chi connectivity index (χ0v) is 11.9. The van der Waals surface area contributed by atoms with Crippen LogP contribution in [0.15, 0.2) is 54.6 Å². The fraction of sp³-hybridized carbons (Fsp3) is 0.176. The molecule has 0 aliphatic carbocycles. The molecule has 2 aromatic carbocycles. The molecule has 4 heteroatoms. The molecule has 3 aromatic rings. The molecule has 0 bridgehead atoms. The maximum absolute atomic E-state index is 11.1. The maximum Gasteiger partial charge on any atom is 0.216 e. The number of imidazole rings is 1. The first-order chi connectivity index (χ1) is 10.3. The van der Waals surface area contributed by atoms with Crippen molar-refractivity contribution in [2.24, 2.45) is 0 Å². The number of fused-ring (bicyclic) bond motifs is 1. The van der Waals surface area contributed by atoms with E-state index >= 15 is 0 Å². The Morgan fingerprint density at radius 2 is 1.81 bits per heavy atom. The standard InChI is InChI=1S/C17H17N3O/c1-13(21)18-11-12-20-16-10-6-5-9-15(16)19-17(20)14-7-3-2-4-8-14/h2-10H,11-12H2,1H3,(H,18,21). The lowest BCUT2D eigenvalue weighted by Crippen LogP contribution is -2.24. The van der Waals surface area contributed by atoms with E-state index in [-0.39, 0.29) is 5.91 Å². The summed E-state index contributed by atoms with van der Waals surface area (Å²) in [4.78, 5) is 15.8. The summed E-state index contributed by atoms with van der Waals surface area (Å²) in [6.07, 6.45) is 0. The van der Waals surface area contributed by atoms with E-state index in [1.54, 1.807) is 0 Å². The zero-order valence-electron chi connectivity index (χ0n) is 11.9. The lowest BCUT2D eigenvalue weighted by atomic mass is 10.2. The van der Waals surface area contributed by atoms with Crippen molar-refractivity contribution < 1.29 is 4.79 Å². The van der Waals surface area contributed by atoms with E-state index in [1.165, 1.54) is 6.92 Å². The number of para-hydroxylation sites is 2. The summed E-state index contributed by atoms with van der Waals surface area (Å²) in [5, 5.41) is 2.84. The molecule has 3 rings (SSSR count). The minimum atomic E-state index is -0.0133. The molecular formula is C17H17N3O. The Hall–Kier alpha value is -2.62. The van der Waals surface area contributed by atoms with Crippen LogP contribution in [0.25, 0.3) is 22.4 Å². The highest BCUT2D eigenvalue weighted by atomic mass is 16.1. The van der Waals surface area contributed by atoms with Crippen molar-refractivity contribution in [2.75, 3.05) is 6.54 Å². The van der Waals surface area contributed by atoms with Gasteiger partial charge in [-0.3, -0.25) is 4.79 Å².